The zero-order valence-electron chi connectivity index (χ0n) is 11.7. The van der Waals surface area contributed by atoms with Crippen LogP contribution in [-0.4, -0.2) is 17.0 Å². The number of carbonyl (C=O) groups excluding carboxylic acids is 1. The van der Waals surface area contributed by atoms with Gasteiger partial charge in [-0.15, -0.1) is 0 Å². The Morgan fingerprint density at radius 3 is 2.55 bits per heavy atom. The number of aliphatic carboxylic acids is 1. The maximum absolute atomic E-state index is 11.9. The summed E-state index contributed by atoms with van der Waals surface area (Å²) in [5.74, 6) is -1.76. The lowest BCUT2D eigenvalue weighted by atomic mass is 9.87. The van der Waals surface area contributed by atoms with Crippen molar-refractivity contribution in [2.45, 2.75) is 33.1 Å². The quantitative estimate of drug-likeness (QED) is 0.804. The summed E-state index contributed by atoms with van der Waals surface area (Å²) in [6.45, 7) is 3.73. The van der Waals surface area contributed by atoms with Gasteiger partial charge in [-0.2, -0.15) is 0 Å². The van der Waals surface area contributed by atoms with Gasteiger partial charge in [-0.3, -0.25) is 9.59 Å². The minimum atomic E-state index is -0.843. The van der Waals surface area contributed by atoms with Gasteiger partial charge in [0.05, 0.1) is 16.6 Å². The molecule has 1 aromatic rings. The van der Waals surface area contributed by atoms with Crippen LogP contribution in [0.15, 0.2) is 24.3 Å². The molecule has 110 valence electrons. The van der Waals surface area contributed by atoms with Gasteiger partial charge in [0.2, 0.25) is 5.91 Å². The van der Waals surface area contributed by atoms with Gasteiger partial charge in [0, 0.05) is 6.42 Å². The zero-order valence-corrected chi connectivity index (χ0v) is 12.5. The Morgan fingerprint density at radius 1 is 1.35 bits per heavy atom. The van der Waals surface area contributed by atoms with Crippen molar-refractivity contribution in [3.63, 3.8) is 0 Å². The zero-order chi connectivity index (χ0) is 15.1. The van der Waals surface area contributed by atoms with Crippen LogP contribution in [0.25, 0.3) is 0 Å². The molecule has 5 heteroatoms. The van der Waals surface area contributed by atoms with Gasteiger partial charge in [-0.05, 0) is 24.5 Å². The number of carboxylic acids is 1. The predicted molar refractivity (Wildman–Crippen MR) is 79.9 cm³/mol. The summed E-state index contributed by atoms with van der Waals surface area (Å²) in [5.41, 5.74) is 0.550. The summed E-state index contributed by atoms with van der Waals surface area (Å²) in [5, 5.41) is 12.4. The highest BCUT2D eigenvalue weighted by Crippen LogP contribution is 2.24. The average molecular weight is 298 g/mol. The minimum absolute atomic E-state index is 0.169. The molecule has 0 aliphatic carbocycles. The smallest absolute Gasteiger partial charge is 0.306 e. The number of carboxylic acid groups (broad SMARTS) is 1. The Labute approximate surface area is 124 Å². The van der Waals surface area contributed by atoms with Crippen molar-refractivity contribution in [2.75, 3.05) is 5.32 Å². The molecule has 0 aromatic heterocycles. The maximum Gasteiger partial charge on any atom is 0.306 e. The lowest BCUT2D eigenvalue weighted by Crippen LogP contribution is -2.26. The molecule has 4 nitrogen and oxygen atoms in total. The van der Waals surface area contributed by atoms with Gasteiger partial charge >= 0.3 is 5.97 Å². The first kappa shape index (κ1) is 16.5. The van der Waals surface area contributed by atoms with E-state index in [4.69, 9.17) is 16.7 Å². The summed E-state index contributed by atoms with van der Waals surface area (Å²) in [4.78, 5) is 23.1. The number of para-hydroxylation sites is 1. The average Bonchev–Trinajstić information content (AvgIpc) is 2.38. The van der Waals surface area contributed by atoms with Gasteiger partial charge in [-0.1, -0.05) is 44.0 Å². The van der Waals surface area contributed by atoms with Crippen LogP contribution in [0.5, 0.6) is 0 Å². The summed E-state index contributed by atoms with van der Waals surface area (Å²) < 4.78 is 0. The third kappa shape index (κ3) is 4.85. The van der Waals surface area contributed by atoms with Gasteiger partial charge < -0.3 is 10.4 Å². The topological polar surface area (TPSA) is 66.4 Å². The fourth-order valence-electron chi connectivity index (χ4n) is 2.16. The Hall–Kier alpha value is -1.55. The number of halogens is 1. The van der Waals surface area contributed by atoms with Crippen LogP contribution in [0.1, 0.15) is 33.1 Å². The molecule has 2 N–H and O–H groups in total. The van der Waals surface area contributed by atoms with Crippen molar-refractivity contribution in [1.29, 1.82) is 0 Å². The van der Waals surface area contributed by atoms with Crippen LogP contribution >= 0.6 is 11.6 Å². The Balaban J connectivity index is 2.61. The molecule has 0 bridgehead atoms. The van der Waals surface area contributed by atoms with Crippen molar-refractivity contribution in [3.8, 4) is 0 Å². The highest BCUT2D eigenvalue weighted by molar-refractivity contribution is 6.33. The van der Waals surface area contributed by atoms with Crippen molar-refractivity contribution < 1.29 is 14.7 Å². The summed E-state index contributed by atoms with van der Waals surface area (Å²) in [6.07, 6.45) is 1.53. The van der Waals surface area contributed by atoms with Gasteiger partial charge in [-0.25, -0.2) is 0 Å². The first-order valence-electron chi connectivity index (χ1n) is 6.72. The number of rotatable bonds is 7. The van der Waals surface area contributed by atoms with Crippen molar-refractivity contribution in [3.05, 3.63) is 29.3 Å². The molecule has 1 amide bonds. The van der Waals surface area contributed by atoms with Crippen LogP contribution in [0.2, 0.25) is 5.02 Å². The number of hydrogen-bond donors (Lipinski definition) is 2. The molecule has 0 unspecified atom stereocenters. The number of amides is 1. The van der Waals surface area contributed by atoms with Gasteiger partial charge in [0.25, 0.3) is 0 Å². The van der Waals surface area contributed by atoms with E-state index in [0.29, 0.717) is 17.1 Å². The number of benzene rings is 1. The van der Waals surface area contributed by atoms with Crippen LogP contribution in [-0.2, 0) is 9.59 Å². The standard InChI is InChI=1S/C15H20ClNO3/c1-3-6-11(15(19)20)10(2)9-14(18)17-13-8-5-4-7-12(13)16/h4-5,7-8,10-11H,3,6,9H2,1-2H3,(H,17,18)(H,19,20)/t10-,11+/m0/s1. The highest BCUT2D eigenvalue weighted by Gasteiger charge is 2.25. The van der Waals surface area contributed by atoms with E-state index < -0.39 is 11.9 Å². The molecule has 1 rings (SSSR count). The summed E-state index contributed by atoms with van der Waals surface area (Å²) >= 11 is 5.96. The SMILES string of the molecule is CCC[C@@H](C(=O)O)[C@@H](C)CC(=O)Nc1ccccc1Cl. The van der Waals surface area contributed by atoms with Crippen LogP contribution in [0, 0.1) is 11.8 Å². The molecule has 20 heavy (non-hydrogen) atoms. The molecule has 0 radical (unpaired) electrons. The Kier molecular flexibility index (Phi) is 6.52. The Bertz CT molecular complexity index is 476. The predicted octanol–water partition coefficient (Wildman–Crippen LogP) is 3.81. The molecule has 0 aliphatic rings. The molecule has 0 saturated carbocycles. The van der Waals surface area contributed by atoms with E-state index in [9.17, 15) is 9.59 Å². The molecular formula is C15H20ClNO3. The normalized spacial score (nSPS) is 13.6. The molecule has 0 saturated heterocycles. The van der Waals surface area contributed by atoms with E-state index in [1.165, 1.54) is 0 Å². The highest BCUT2D eigenvalue weighted by atomic mass is 35.5. The number of carbonyl (C=O) groups is 2. The van der Waals surface area contributed by atoms with E-state index >= 15 is 0 Å². The molecule has 0 heterocycles. The second-order valence-corrected chi connectivity index (χ2v) is 5.35. The van der Waals surface area contributed by atoms with Crippen LogP contribution < -0.4 is 5.32 Å². The largest absolute Gasteiger partial charge is 0.481 e. The molecule has 1 aromatic carbocycles. The maximum atomic E-state index is 11.9. The lowest BCUT2D eigenvalue weighted by Gasteiger charge is -2.19. The second kappa shape index (κ2) is 7.90. The van der Waals surface area contributed by atoms with Crippen molar-refractivity contribution in [1.82, 2.24) is 0 Å². The fraction of sp³-hybridized carbons (Fsp3) is 0.467. The fourth-order valence-corrected chi connectivity index (χ4v) is 2.34. The molecule has 2 atom stereocenters. The molecule has 0 aliphatic heterocycles. The first-order valence-corrected chi connectivity index (χ1v) is 7.10. The first-order chi connectivity index (χ1) is 9.45. The summed E-state index contributed by atoms with van der Waals surface area (Å²) in [7, 11) is 0. The minimum Gasteiger partial charge on any atom is -0.481 e. The van der Waals surface area contributed by atoms with Crippen molar-refractivity contribution in [2.24, 2.45) is 11.8 Å². The number of anilines is 1. The monoisotopic (exact) mass is 297 g/mol. The van der Waals surface area contributed by atoms with Crippen LogP contribution in [0.3, 0.4) is 0 Å². The molecule has 0 spiro atoms. The van der Waals surface area contributed by atoms with E-state index in [2.05, 4.69) is 5.32 Å². The van der Waals surface area contributed by atoms with Crippen LogP contribution in [0.4, 0.5) is 5.69 Å². The number of nitrogens with one attached hydrogen (secondary N) is 1. The van der Waals surface area contributed by atoms with E-state index in [1.54, 1.807) is 31.2 Å². The molecule has 0 fully saturated rings. The lowest BCUT2D eigenvalue weighted by molar-refractivity contribution is -0.144. The summed E-state index contributed by atoms with van der Waals surface area (Å²) in [6, 6.07) is 6.97. The third-order valence-electron chi connectivity index (χ3n) is 3.26. The number of hydrogen-bond acceptors (Lipinski definition) is 2. The molecular weight excluding hydrogens is 278 g/mol. The second-order valence-electron chi connectivity index (χ2n) is 4.94. The van der Waals surface area contributed by atoms with Crippen molar-refractivity contribution >= 4 is 29.2 Å². The third-order valence-corrected chi connectivity index (χ3v) is 3.59. The van der Waals surface area contributed by atoms with E-state index in [-0.39, 0.29) is 18.2 Å². The van der Waals surface area contributed by atoms with E-state index in [0.717, 1.165) is 6.42 Å². The van der Waals surface area contributed by atoms with Gasteiger partial charge in [0.15, 0.2) is 0 Å². The van der Waals surface area contributed by atoms with Gasteiger partial charge in [0.1, 0.15) is 0 Å². The van der Waals surface area contributed by atoms with E-state index in [1.807, 2.05) is 6.92 Å². The Morgan fingerprint density at radius 2 is 2.00 bits per heavy atom.